The van der Waals surface area contributed by atoms with Gasteiger partial charge in [0.15, 0.2) is 5.65 Å². The summed E-state index contributed by atoms with van der Waals surface area (Å²) in [5.41, 5.74) is 1.39. The van der Waals surface area contributed by atoms with Gasteiger partial charge in [0, 0.05) is 6.20 Å². The summed E-state index contributed by atoms with van der Waals surface area (Å²) < 4.78 is 5.91. The molecule has 1 aliphatic carbocycles. The Balaban J connectivity index is 1.58. The first-order valence-corrected chi connectivity index (χ1v) is 7.99. The van der Waals surface area contributed by atoms with Gasteiger partial charge in [-0.25, -0.2) is 4.98 Å². The summed E-state index contributed by atoms with van der Waals surface area (Å²) in [6.07, 6.45) is 8.40. The van der Waals surface area contributed by atoms with Gasteiger partial charge in [0.25, 0.3) is 5.91 Å². The molecule has 2 N–H and O–H groups in total. The standard InChI is InChI=1S/C16H22N4O2/c1-11(22-12-7-4-2-3-5-8-12)15(21)20-16-18-13-9-6-10-17-14(13)19-16/h6,9-12H,2-5,7-8H2,1H3,(H2,17,18,19,20,21). The van der Waals surface area contributed by atoms with Crippen molar-refractivity contribution in [3.63, 3.8) is 0 Å². The Labute approximate surface area is 129 Å². The Morgan fingerprint density at radius 2 is 2.14 bits per heavy atom. The molecule has 22 heavy (non-hydrogen) atoms. The third-order valence-electron chi connectivity index (χ3n) is 4.07. The minimum Gasteiger partial charge on any atom is -0.365 e. The minimum absolute atomic E-state index is 0.177. The van der Waals surface area contributed by atoms with Gasteiger partial charge in [-0.3, -0.25) is 10.1 Å². The number of anilines is 1. The number of amides is 1. The zero-order chi connectivity index (χ0) is 15.4. The SMILES string of the molecule is CC(OC1CCCCCC1)C(=O)Nc1nc2ncccc2[nH]1. The molecule has 0 aromatic carbocycles. The van der Waals surface area contributed by atoms with Crippen molar-refractivity contribution in [1.82, 2.24) is 15.0 Å². The van der Waals surface area contributed by atoms with Crippen LogP contribution in [-0.4, -0.2) is 33.1 Å². The monoisotopic (exact) mass is 302 g/mol. The van der Waals surface area contributed by atoms with Crippen LogP contribution in [0.4, 0.5) is 5.95 Å². The van der Waals surface area contributed by atoms with Gasteiger partial charge < -0.3 is 9.72 Å². The number of carbonyl (C=O) groups is 1. The van der Waals surface area contributed by atoms with Gasteiger partial charge in [-0.05, 0) is 31.9 Å². The molecule has 118 valence electrons. The number of hydrogen-bond donors (Lipinski definition) is 2. The van der Waals surface area contributed by atoms with E-state index in [9.17, 15) is 4.79 Å². The van der Waals surface area contributed by atoms with Crippen molar-refractivity contribution in [1.29, 1.82) is 0 Å². The molecule has 1 unspecified atom stereocenters. The molecule has 0 spiro atoms. The van der Waals surface area contributed by atoms with Crippen molar-refractivity contribution in [3.05, 3.63) is 18.3 Å². The second-order valence-electron chi connectivity index (χ2n) is 5.84. The highest BCUT2D eigenvalue weighted by atomic mass is 16.5. The summed E-state index contributed by atoms with van der Waals surface area (Å²) in [5, 5.41) is 2.77. The molecule has 1 atom stereocenters. The molecule has 0 bridgehead atoms. The Kier molecular flexibility index (Phi) is 4.68. The predicted octanol–water partition coefficient (Wildman–Crippen LogP) is 3.02. The van der Waals surface area contributed by atoms with E-state index in [2.05, 4.69) is 20.3 Å². The van der Waals surface area contributed by atoms with E-state index in [1.54, 1.807) is 13.1 Å². The molecule has 1 amide bonds. The lowest BCUT2D eigenvalue weighted by molar-refractivity contribution is -0.130. The number of carbonyl (C=O) groups excluding carboxylic acids is 1. The average Bonchev–Trinajstić information content (AvgIpc) is 2.74. The van der Waals surface area contributed by atoms with Crippen molar-refractivity contribution in [2.75, 3.05) is 5.32 Å². The number of ether oxygens (including phenoxy) is 1. The molecule has 1 saturated carbocycles. The number of nitrogens with one attached hydrogen (secondary N) is 2. The van der Waals surface area contributed by atoms with E-state index in [0.717, 1.165) is 18.4 Å². The van der Waals surface area contributed by atoms with Crippen LogP contribution in [0.15, 0.2) is 18.3 Å². The molecule has 0 radical (unpaired) electrons. The molecule has 6 nitrogen and oxygen atoms in total. The van der Waals surface area contributed by atoms with Crippen LogP contribution in [0.2, 0.25) is 0 Å². The highest BCUT2D eigenvalue weighted by molar-refractivity contribution is 5.93. The van der Waals surface area contributed by atoms with Crippen LogP contribution in [0.5, 0.6) is 0 Å². The number of H-pyrrole nitrogens is 1. The van der Waals surface area contributed by atoms with E-state index >= 15 is 0 Å². The van der Waals surface area contributed by atoms with Crippen molar-refractivity contribution >= 4 is 23.0 Å². The number of aromatic amines is 1. The summed E-state index contributed by atoms with van der Waals surface area (Å²) in [5.74, 6) is 0.235. The quantitative estimate of drug-likeness (QED) is 0.851. The van der Waals surface area contributed by atoms with Gasteiger partial charge in [0.2, 0.25) is 5.95 Å². The predicted molar refractivity (Wildman–Crippen MR) is 84.6 cm³/mol. The molecule has 1 aliphatic rings. The van der Waals surface area contributed by atoms with Crippen molar-refractivity contribution in [2.24, 2.45) is 0 Å². The number of fused-ring (bicyclic) bond motifs is 1. The second-order valence-corrected chi connectivity index (χ2v) is 5.84. The molecule has 6 heteroatoms. The molecule has 3 rings (SSSR count). The largest absolute Gasteiger partial charge is 0.365 e. The summed E-state index contributed by atoms with van der Waals surface area (Å²) in [6, 6.07) is 3.69. The summed E-state index contributed by atoms with van der Waals surface area (Å²) >= 11 is 0. The van der Waals surface area contributed by atoms with Crippen LogP contribution >= 0.6 is 0 Å². The van der Waals surface area contributed by atoms with Gasteiger partial charge in [-0.15, -0.1) is 0 Å². The van der Waals surface area contributed by atoms with Crippen molar-refractivity contribution in [2.45, 2.75) is 57.7 Å². The number of imidazole rings is 1. The summed E-state index contributed by atoms with van der Waals surface area (Å²) in [4.78, 5) is 23.6. The highest BCUT2D eigenvalue weighted by Crippen LogP contribution is 2.21. The van der Waals surface area contributed by atoms with Crippen LogP contribution in [0.25, 0.3) is 11.2 Å². The van der Waals surface area contributed by atoms with E-state index in [1.807, 2.05) is 12.1 Å². The highest BCUT2D eigenvalue weighted by Gasteiger charge is 2.21. The first-order chi connectivity index (χ1) is 10.7. The fraction of sp³-hybridized carbons (Fsp3) is 0.562. The Hall–Kier alpha value is -1.95. The zero-order valence-electron chi connectivity index (χ0n) is 12.8. The van der Waals surface area contributed by atoms with Crippen LogP contribution in [0.3, 0.4) is 0 Å². The third kappa shape index (κ3) is 3.62. The summed E-state index contributed by atoms with van der Waals surface area (Å²) in [6.45, 7) is 1.79. The van der Waals surface area contributed by atoms with Gasteiger partial charge >= 0.3 is 0 Å². The van der Waals surface area contributed by atoms with Gasteiger partial charge in [0.05, 0.1) is 11.6 Å². The van der Waals surface area contributed by atoms with Crippen LogP contribution in [0.1, 0.15) is 45.4 Å². The fourth-order valence-corrected chi connectivity index (χ4v) is 2.85. The van der Waals surface area contributed by atoms with Crippen LogP contribution in [0, 0.1) is 0 Å². The smallest absolute Gasteiger partial charge is 0.255 e. The number of hydrogen-bond acceptors (Lipinski definition) is 4. The van der Waals surface area contributed by atoms with E-state index in [-0.39, 0.29) is 12.0 Å². The molecule has 2 aromatic rings. The lowest BCUT2D eigenvalue weighted by atomic mass is 10.1. The van der Waals surface area contributed by atoms with Crippen molar-refractivity contribution in [3.8, 4) is 0 Å². The maximum absolute atomic E-state index is 12.2. The topological polar surface area (TPSA) is 79.9 Å². The summed E-state index contributed by atoms with van der Waals surface area (Å²) in [7, 11) is 0. The lowest BCUT2D eigenvalue weighted by Gasteiger charge is -2.20. The molecular weight excluding hydrogens is 280 g/mol. The maximum atomic E-state index is 12.2. The molecule has 0 saturated heterocycles. The number of aromatic nitrogens is 3. The Morgan fingerprint density at radius 3 is 2.86 bits per heavy atom. The van der Waals surface area contributed by atoms with E-state index in [4.69, 9.17) is 4.74 Å². The molecule has 1 fully saturated rings. The van der Waals surface area contributed by atoms with Gasteiger partial charge in [-0.2, -0.15) is 4.98 Å². The fourth-order valence-electron chi connectivity index (χ4n) is 2.85. The normalized spacial score (nSPS) is 18.0. The van der Waals surface area contributed by atoms with E-state index < -0.39 is 6.10 Å². The molecular formula is C16H22N4O2. The van der Waals surface area contributed by atoms with E-state index in [1.165, 1.54) is 25.7 Å². The molecule has 0 aliphatic heterocycles. The Morgan fingerprint density at radius 1 is 1.36 bits per heavy atom. The average molecular weight is 302 g/mol. The van der Waals surface area contributed by atoms with Crippen LogP contribution in [-0.2, 0) is 9.53 Å². The van der Waals surface area contributed by atoms with Crippen LogP contribution < -0.4 is 5.32 Å². The van der Waals surface area contributed by atoms with Crippen molar-refractivity contribution < 1.29 is 9.53 Å². The minimum atomic E-state index is -0.482. The Bertz CT molecular complexity index is 599. The molecule has 2 aromatic heterocycles. The number of pyridine rings is 1. The second kappa shape index (κ2) is 6.87. The maximum Gasteiger partial charge on any atom is 0.255 e. The first kappa shape index (κ1) is 15.0. The van der Waals surface area contributed by atoms with Gasteiger partial charge in [-0.1, -0.05) is 25.7 Å². The van der Waals surface area contributed by atoms with E-state index in [0.29, 0.717) is 11.6 Å². The number of nitrogens with zero attached hydrogens (tertiary/aromatic N) is 2. The molecule has 2 heterocycles. The van der Waals surface area contributed by atoms with Gasteiger partial charge in [0.1, 0.15) is 6.10 Å². The first-order valence-electron chi connectivity index (χ1n) is 7.99. The lowest BCUT2D eigenvalue weighted by Crippen LogP contribution is -2.31. The third-order valence-corrected chi connectivity index (χ3v) is 4.07. The number of rotatable bonds is 4. The zero-order valence-corrected chi connectivity index (χ0v) is 12.8.